The molecule has 4 heterocycles. The highest BCUT2D eigenvalue weighted by atomic mass is 32.2. The first-order valence-electron chi connectivity index (χ1n) is 9.80. The van der Waals surface area contributed by atoms with Crippen molar-refractivity contribution in [3.8, 4) is 16.6 Å². The molecule has 4 N–H and O–H groups in total. The van der Waals surface area contributed by atoms with E-state index >= 15 is 0 Å². The molecule has 31 heavy (non-hydrogen) atoms. The molecular formula is C21H19N7OS2. The van der Waals surface area contributed by atoms with E-state index in [2.05, 4.69) is 36.0 Å². The summed E-state index contributed by atoms with van der Waals surface area (Å²) in [6.07, 6.45) is 9.02. The van der Waals surface area contributed by atoms with Crippen LogP contribution in [0.4, 0.5) is 5.69 Å². The van der Waals surface area contributed by atoms with Crippen molar-refractivity contribution in [2.24, 2.45) is 0 Å². The molecule has 0 aliphatic heterocycles. The van der Waals surface area contributed by atoms with Crippen LogP contribution in [0.15, 0.2) is 48.0 Å². The van der Waals surface area contributed by atoms with E-state index in [-0.39, 0.29) is 6.61 Å². The molecule has 5 rings (SSSR count). The molecule has 0 saturated heterocycles. The first-order chi connectivity index (χ1) is 15.2. The van der Waals surface area contributed by atoms with Crippen LogP contribution in [0.3, 0.4) is 0 Å². The fourth-order valence-electron chi connectivity index (χ4n) is 3.55. The van der Waals surface area contributed by atoms with Gasteiger partial charge in [-0.15, -0.1) is 11.3 Å². The maximum absolute atomic E-state index is 9.39. The number of pyridine rings is 2. The Morgan fingerprint density at radius 1 is 1.23 bits per heavy atom. The highest BCUT2D eigenvalue weighted by Gasteiger charge is 2.30. The topological polar surface area (TPSA) is 123 Å². The van der Waals surface area contributed by atoms with Gasteiger partial charge in [-0.05, 0) is 43.0 Å². The Balaban J connectivity index is 1.27. The fraction of sp³-hybridized carbons (Fsp3) is 0.238. The van der Waals surface area contributed by atoms with Gasteiger partial charge in [0.25, 0.3) is 0 Å². The van der Waals surface area contributed by atoms with Crippen molar-refractivity contribution in [3.63, 3.8) is 0 Å². The van der Waals surface area contributed by atoms with Crippen LogP contribution in [0.2, 0.25) is 0 Å². The third kappa shape index (κ3) is 4.13. The number of hydrogen-bond acceptors (Lipinski definition) is 9. The summed E-state index contributed by atoms with van der Waals surface area (Å²) in [5.74, 6) is 0. The number of fused-ring (bicyclic) bond motifs is 1. The zero-order valence-corrected chi connectivity index (χ0v) is 18.0. The lowest BCUT2D eigenvalue weighted by molar-refractivity contribution is 0.285. The molecular weight excluding hydrogens is 430 g/mol. The van der Waals surface area contributed by atoms with E-state index in [1.165, 1.54) is 23.3 Å². The Labute approximate surface area is 186 Å². The number of nitriles is 1. The number of aromatic nitrogens is 4. The summed E-state index contributed by atoms with van der Waals surface area (Å²) >= 11 is 2.94. The van der Waals surface area contributed by atoms with Gasteiger partial charge in [0, 0.05) is 42.3 Å². The molecule has 0 atom stereocenters. The van der Waals surface area contributed by atoms with Crippen molar-refractivity contribution in [1.82, 2.24) is 24.7 Å². The lowest BCUT2D eigenvalue weighted by Gasteiger charge is -2.37. The molecule has 4 aromatic rings. The Kier molecular flexibility index (Phi) is 5.57. The van der Waals surface area contributed by atoms with Crippen molar-refractivity contribution in [2.75, 3.05) is 5.32 Å². The highest BCUT2D eigenvalue weighted by molar-refractivity contribution is 7.97. The fourth-order valence-corrected chi connectivity index (χ4v) is 5.11. The van der Waals surface area contributed by atoms with Gasteiger partial charge in [-0.2, -0.15) is 5.26 Å². The largest absolute Gasteiger partial charge is 0.391 e. The Morgan fingerprint density at radius 3 is 2.94 bits per heavy atom. The van der Waals surface area contributed by atoms with E-state index in [1.54, 1.807) is 24.5 Å². The lowest BCUT2D eigenvalue weighted by Crippen LogP contribution is -2.45. The summed E-state index contributed by atoms with van der Waals surface area (Å²) in [7, 11) is 0. The summed E-state index contributed by atoms with van der Waals surface area (Å²) in [6.45, 7) is -0.0139. The third-order valence-electron chi connectivity index (χ3n) is 5.21. The molecule has 1 aliphatic rings. The standard InChI is InChI=1S/C21H19N7OS2/c22-8-12-1-3-23-18(5-12)31-28-14-6-13(7-14)27-19-16-2-4-24-20(16)25-10-17(19)21-26-9-15(11-29)30-21/h1-5,9-10,13-14,28-29H,6-7,11H2,(H2,24,25,27)/t13-,14+. The summed E-state index contributed by atoms with van der Waals surface area (Å²) in [4.78, 5) is 17.3. The minimum absolute atomic E-state index is 0.0139. The van der Waals surface area contributed by atoms with Gasteiger partial charge in [0.1, 0.15) is 15.7 Å². The molecule has 10 heteroatoms. The average molecular weight is 450 g/mol. The number of anilines is 1. The maximum atomic E-state index is 9.39. The predicted octanol–water partition coefficient (Wildman–Crippen LogP) is 3.69. The van der Waals surface area contributed by atoms with Gasteiger partial charge >= 0.3 is 0 Å². The van der Waals surface area contributed by atoms with Crippen LogP contribution in [0.1, 0.15) is 23.3 Å². The van der Waals surface area contributed by atoms with Gasteiger partial charge in [-0.3, -0.25) is 4.72 Å². The van der Waals surface area contributed by atoms with Gasteiger partial charge in [0.05, 0.1) is 34.4 Å². The summed E-state index contributed by atoms with van der Waals surface area (Å²) in [5, 5.41) is 24.8. The van der Waals surface area contributed by atoms with E-state index in [0.717, 1.165) is 50.0 Å². The van der Waals surface area contributed by atoms with Crippen LogP contribution >= 0.6 is 23.3 Å². The molecule has 0 radical (unpaired) electrons. The van der Waals surface area contributed by atoms with Crippen molar-refractivity contribution in [1.29, 1.82) is 5.26 Å². The average Bonchev–Trinajstić information content (AvgIpc) is 3.44. The quantitative estimate of drug-likeness (QED) is 0.315. The van der Waals surface area contributed by atoms with Gasteiger partial charge in [0.15, 0.2) is 0 Å². The second kappa shape index (κ2) is 8.64. The minimum atomic E-state index is -0.0139. The smallest absolute Gasteiger partial charge is 0.139 e. The molecule has 1 aliphatic carbocycles. The number of thiazole rings is 1. The van der Waals surface area contributed by atoms with Crippen LogP contribution in [-0.4, -0.2) is 37.1 Å². The third-order valence-corrected chi connectivity index (χ3v) is 7.11. The zero-order valence-electron chi connectivity index (χ0n) is 16.4. The molecule has 0 aromatic carbocycles. The van der Waals surface area contributed by atoms with Gasteiger partial charge in [0.2, 0.25) is 0 Å². The maximum Gasteiger partial charge on any atom is 0.139 e. The van der Waals surface area contributed by atoms with E-state index in [0.29, 0.717) is 17.6 Å². The van der Waals surface area contributed by atoms with E-state index in [4.69, 9.17) is 5.26 Å². The summed E-state index contributed by atoms with van der Waals surface area (Å²) < 4.78 is 3.44. The number of H-pyrrole nitrogens is 1. The van der Waals surface area contributed by atoms with Crippen molar-refractivity contribution in [2.45, 2.75) is 36.6 Å². The van der Waals surface area contributed by atoms with E-state index in [9.17, 15) is 5.11 Å². The Bertz CT molecular complexity index is 1260. The van der Waals surface area contributed by atoms with Gasteiger partial charge in [-0.25, -0.2) is 15.0 Å². The predicted molar refractivity (Wildman–Crippen MR) is 122 cm³/mol. The van der Waals surface area contributed by atoms with Crippen LogP contribution < -0.4 is 10.0 Å². The van der Waals surface area contributed by atoms with Crippen LogP contribution in [-0.2, 0) is 6.61 Å². The first-order valence-corrected chi connectivity index (χ1v) is 11.4. The SMILES string of the molecule is N#Cc1ccnc(SN[C@H]2C[C@@H](Nc3c(-c4ncc(CO)s4)cnc4[nH]ccc34)C2)c1. The van der Waals surface area contributed by atoms with E-state index < -0.39 is 0 Å². The monoisotopic (exact) mass is 449 g/mol. The number of aliphatic hydroxyl groups excluding tert-OH is 1. The van der Waals surface area contributed by atoms with Crippen molar-refractivity contribution >= 4 is 40.0 Å². The van der Waals surface area contributed by atoms with Gasteiger partial charge < -0.3 is 15.4 Å². The first kappa shape index (κ1) is 20.0. The molecule has 1 fully saturated rings. The Hall–Kier alpha value is -2.97. The number of hydrogen-bond donors (Lipinski definition) is 4. The molecule has 4 aromatic heterocycles. The molecule has 0 spiro atoms. The van der Waals surface area contributed by atoms with Crippen LogP contribution in [0.5, 0.6) is 0 Å². The van der Waals surface area contributed by atoms with Crippen LogP contribution in [0, 0.1) is 11.3 Å². The van der Waals surface area contributed by atoms with Crippen molar-refractivity contribution < 1.29 is 5.11 Å². The molecule has 0 bridgehead atoms. The number of nitrogens with zero attached hydrogens (tertiary/aromatic N) is 4. The van der Waals surface area contributed by atoms with Crippen molar-refractivity contribution in [3.05, 3.63) is 53.4 Å². The van der Waals surface area contributed by atoms with Crippen LogP contribution in [0.25, 0.3) is 21.6 Å². The lowest BCUT2D eigenvalue weighted by atomic mass is 9.87. The van der Waals surface area contributed by atoms with Gasteiger partial charge in [-0.1, -0.05) is 0 Å². The molecule has 8 nitrogen and oxygen atoms in total. The zero-order chi connectivity index (χ0) is 21.2. The Morgan fingerprint density at radius 2 is 2.13 bits per heavy atom. The number of aromatic amines is 1. The van der Waals surface area contributed by atoms with E-state index in [1.807, 2.05) is 18.5 Å². The molecule has 0 amide bonds. The summed E-state index contributed by atoms with van der Waals surface area (Å²) in [6, 6.07) is 8.33. The number of nitrogens with one attached hydrogen (secondary N) is 3. The minimum Gasteiger partial charge on any atom is -0.391 e. The normalized spacial score (nSPS) is 17.9. The second-order valence-electron chi connectivity index (χ2n) is 7.30. The molecule has 0 unspecified atom stereocenters. The number of aliphatic hydroxyl groups is 1. The number of rotatable bonds is 7. The molecule has 156 valence electrons. The highest BCUT2D eigenvalue weighted by Crippen LogP contribution is 2.38. The second-order valence-corrected chi connectivity index (χ2v) is 9.27. The molecule has 1 saturated carbocycles. The summed E-state index contributed by atoms with van der Waals surface area (Å²) in [5.41, 5.74) is 3.41.